The van der Waals surface area contributed by atoms with Crippen molar-refractivity contribution in [3.8, 4) is 11.4 Å². The Bertz CT molecular complexity index is 786. The lowest BCUT2D eigenvalue weighted by Gasteiger charge is -2.21. The van der Waals surface area contributed by atoms with E-state index in [1.165, 1.54) is 24.5 Å². The molecule has 0 bridgehead atoms. The maximum Gasteiger partial charge on any atom is 0.239 e. The maximum absolute atomic E-state index is 11.9. The number of anilines is 1. The number of hydrogen-bond acceptors (Lipinski definition) is 6. The largest absolute Gasteiger partial charge is 0.372 e. The molecule has 0 aliphatic carbocycles. The van der Waals surface area contributed by atoms with E-state index in [4.69, 9.17) is 0 Å². The fourth-order valence-electron chi connectivity index (χ4n) is 2.75. The van der Waals surface area contributed by atoms with Gasteiger partial charge in [0, 0.05) is 37.9 Å². The van der Waals surface area contributed by atoms with Gasteiger partial charge in [0.05, 0.1) is 12.3 Å². The number of thioether (sulfide) groups is 1. The van der Waals surface area contributed by atoms with Crippen LogP contribution in [0.25, 0.3) is 11.4 Å². The van der Waals surface area contributed by atoms with Crippen LogP contribution in [0.1, 0.15) is 20.8 Å². The van der Waals surface area contributed by atoms with Gasteiger partial charge >= 0.3 is 0 Å². The van der Waals surface area contributed by atoms with Crippen LogP contribution in [0.2, 0.25) is 0 Å². The molecule has 1 aromatic heterocycles. The van der Waals surface area contributed by atoms with Crippen molar-refractivity contribution in [2.45, 2.75) is 32.5 Å². The van der Waals surface area contributed by atoms with Crippen LogP contribution in [0, 0.1) is 0 Å². The Labute approximate surface area is 170 Å². The van der Waals surface area contributed by atoms with Crippen LogP contribution >= 0.6 is 11.8 Å². The molecule has 0 saturated carbocycles. The standard InChI is InChI=1S/C19H28N6O2S/c1-5-24(6-2)15-10-8-14(9-11-15)18-22-23-19(25(18)7-3)28-13-17(27)21-12-16(26)20-4/h8-11H,5-7,12-13H2,1-4H3,(H,20,26)(H,21,27). The number of hydrogen-bond donors (Lipinski definition) is 2. The summed E-state index contributed by atoms with van der Waals surface area (Å²) in [4.78, 5) is 25.4. The number of carbonyl (C=O) groups is 2. The molecule has 0 atom stereocenters. The summed E-state index contributed by atoms with van der Waals surface area (Å²) < 4.78 is 1.99. The monoisotopic (exact) mass is 404 g/mol. The zero-order valence-corrected chi connectivity index (χ0v) is 17.7. The highest BCUT2D eigenvalue weighted by Crippen LogP contribution is 2.26. The first-order valence-electron chi connectivity index (χ1n) is 9.42. The van der Waals surface area contributed by atoms with Crippen molar-refractivity contribution in [1.82, 2.24) is 25.4 Å². The highest BCUT2D eigenvalue weighted by Gasteiger charge is 2.15. The molecular weight excluding hydrogens is 376 g/mol. The molecule has 2 aromatic rings. The highest BCUT2D eigenvalue weighted by molar-refractivity contribution is 7.99. The first-order chi connectivity index (χ1) is 13.5. The number of carbonyl (C=O) groups excluding carboxylic acids is 2. The number of amides is 2. The van der Waals surface area contributed by atoms with Crippen LogP contribution in [0.3, 0.4) is 0 Å². The molecule has 0 saturated heterocycles. The number of nitrogens with zero attached hydrogens (tertiary/aromatic N) is 4. The van der Waals surface area contributed by atoms with E-state index >= 15 is 0 Å². The highest BCUT2D eigenvalue weighted by atomic mass is 32.2. The number of aromatic nitrogens is 3. The Morgan fingerprint density at radius 3 is 2.32 bits per heavy atom. The summed E-state index contributed by atoms with van der Waals surface area (Å²) >= 11 is 1.31. The molecule has 2 rings (SSSR count). The summed E-state index contributed by atoms with van der Waals surface area (Å²) in [6.07, 6.45) is 0. The average Bonchev–Trinajstić information content (AvgIpc) is 3.14. The normalized spacial score (nSPS) is 10.6. The van der Waals surface area contributed by atoms with E-state index in [2.05, 4.69) is 51.7 Å². The van der Waals surface area contributed by atoms with Crippen molar-refractivity contribution in [2.24, 2.45) is 0 Å². The summed E-state index contributed by atoms with van der Waals surface area (Å²) in [5.74, 6) is 0.507. The second-order valence-electron chi connectivity index (χ2n) is 6.01. The minimum absolute atomic E-state index is 0.0273. The van der Waals surface area contributed by atoms with Gasteiger partial charge in [0.25, 0.3) is 0 Å². The molecule has 152 valence electrons. The lowest BCUT2D eigenvalue weighted by molar-refractivity contribution is -0.124. The summed E-state index contributed by atoms with van der Waals surface area (Å²) in [6.45, 7) is 8.89. The number of likely N-dealkylation sites (N-methyl/N-ethyl adjacent to an activating group) is 1. The van der Waals surface area contributed by atoms with Gasteiger partial charge in [-0.25, -0.2) is 0 Å². The van der Waals surface area contributed by atoms with E-state index < -0.39 is 0 Å². The summed E-state index contributed by atoms with van der Waals surface area (Å²) in [7, 11) is 1.53. The fourth-order valence-corrected chi connectivity index (χ4v) is 3.58. The average molecular weight is 405 g/mol. The summed E-state index contributed by atoms with van der Waals surface area (Å²) in [5, 5.41) is 14.3. The second kappa shape index (κ2) is 10.7. The molecule has 8 nitrogen and oxygen atoms in total. The van der Waals surface area contributed by atoms with Gasteiger partial charge in [-0.15, -0.1) is 10.2 Å². The predicted octanol–water partition coefficient (Wildman–Crippen LogP) is 1.77. The van der Waals surface area contributed by atoms with Gasteiger partial charge in [-0.2, -0.15) is 0 Å². The van der Waals surface area contributed by atoms with E-state index in [1.54, 1.807) is 0 Å². The number of benzene rings is 1. The van der Waals surface area contributed by atoms with Crippen molar-refractivity contribution in [1.29, 1.82) is 0 Å². The Morgan fingerprint density at radius 1 is 1.07 bits per heavy atom. The molecule has 9 heteroatoms. The van der Waals surface area contributed by atoms with Gasteiger partial charge in [-0.3, -0.25) is 9.59 Å². The van der Waals surface area contributed by atoms with Crippen LogP contribution in [-0.2, 0) is 16.1 Å². The zero-order chi connectivity index (χ0) is 20.5. The molecule has 0 radical (unpaired) electrons. The second-order valence-corrected chi connectivity index (χ2v) is 6.95. The molecule has 1 heterocycles. The van der Waals surface area contributed by atoms with Gasteiger partial charge in [0.2, 0.25) is 11.8 Å². The predicted molar refractivity (Wildman–Crippen MR) is 112 cm³/mol. The van der Waals surface area contributed by atoms with Crippen LogP contribution in [0.4, 0.5) is 5.69 Å². The van der Waals surface area contributed by atoms with Gasteiger partial charge in [0.1, 0.15) is 0 Å². The molecule has 28 heavy (non-hydrogen) atoms. The van der Waals surface area contributed by atoms with E-state index in [9.17, 15) is 9.59 Å². The quantitative estimate of drug-likeness (QED) is 0.587. The van der Waals surface area contributed by atoms with Crippen molar-refractivity contribution in [3.05, 3.63) is 24.3 Å². The van der Waals surface area contributed by atoms with E-state index in [0.717, 1.165) is 24.5 Å². The van der Waals surface area contributed by atoms with Gasteiger partial charge in [-0.1, -0.05) is 11.8 Å². The molecule has 1 aromatic carbocycles. The van der Waals surface area contributed by atoms with E-state index in [1.807, 2.05) is 23.6 Å². The Hall–Kier alpha value is -2.55. The molecule has 0 unspecified atom stereocenters. The Balaban J connectivity index is 2.07. The molecule has 0 aliphatic rings. The minimum Gasteiger partial charge on any atom is -0.372 e. The van der Waals surface area contributed by atoms with Crippen LogP contribution in [0.15, 0.2) is 29.4 Å². The molecule has 2 N–H and O–H groups in total. The van der Waals surface area contributed by atoms with E-state index in [-0.39, 0.29) is 24.1 Å². The summed E-state index contributed by atoms with van der Waals surface area (Å²) in [6, 6.07) is 8.29. The third-order valence-corrected chi connectivity index (χ3v) is 5.31. The van der Waals surface area contributed by atoms with Crippen molar-refractivity contribution in [3.63, 3.8) is 0 Å². The third-order valence-electron chi connectivity index (χ3n) is 4.34. The van der Waals surface area contributed by atoms with Crippen LogP contribution in [0.5, 0.6) is 0 Å². The lowest BCUT2D eigenvalue weighted by atomic mass is 10.2. The summed E-state index contributed by atoms with van der Waals surface area (Å²) in [5.41, 5.74) is 2.17. The van der Waals surface area contributed by atoms with Crippen molar-refractivity contribution >= 4 is 29.3 Å². The molecule has 2 amide bonds. The van der Waals surface area contributed by atoms with Gasteiger partial charge < -0.3 is 20.1 Å². The molecule has 0 aliphatic heterocycles. The fraction of sp³-hybridized carbons (Fsp3) is 0.474. The van der Waals surface area contributed by atoms with Crippen molar-refractivity contribution in [2.75, 3.05) is 37.3 Å². The Kier molecular flexibility index (Phi) is 8.31. The molecule has 0 fully saturated rings. The number of nitrogens with one attached hydrogen (secondary N) is 2. The lowest BCUT2D eigenvalue weighted by Crippen LogP contribution is -2.36. The Morgan fingerprint density at radius 2 is 1.75 bits per heavy atom. The number of rotatable bonds is 10. The topological polar surface area (TPSA) is 92.2 Å². The molecule has 0 spiro atoms. The third kappa shape index (κ3) is 5.48. The van der Waals surface area contributed by atoms with Crippen LogP contribution < -0.4 is 15.5 Å². The SMILES string of the molecule is CCN(CC)c1ccc(-c2nnc(SCC(=O)NCC(=O)NC)n2CC)cc1. The molecular formula is C19H28N6O2S. The smallest absolute Gasteiger partial charge is 0.239 e. The van der Waals surface area contributed by atoms with Crippen molar-refractivity contribution < 1.29 is 9.59 Å². The zero-order valence-electron chi connectivity index (χ0n) is 16.9. The van der Waals surface area contributed by atoms with Gasteiger partial charge in [0.15, 0.2) is 11.0 Å². The van der Waals surface area contributed by atoms with E-state index in [0.29, 0.717) is 11.7 Å². The van der Waals surface area contributed by atoms with Gasteiger partial charge in [-0.05, 0) is 45.0 Å². The first-order valence-corrected chi connectivity index (χ1v) is 10.4. The minimum atomic E-state index is -0.231. The maximum atomic E-state index is 11.9. The first kappa shape index (κ1) is 21.7. The van der Waals surface area contributed by atoms with Crippen LogP contribution in [-0.4, -0.2) is 59.0 Å².